The molecule has 2 saturated heterocycles. The van der Waals surface area contributed by atoms with Crippen LogP contribution in [0.5, 0.6) is 5.75 Å². The Labute approximate surface area is 199 Å². The fraction of sp³-hybridized carbons (Fsp3) is 0.346. The van der Waals surface area contributed by atoms with Gasteiger partial charge in [-0.3, -0.25) is 19.5 Å². The quantitative estimate of drug-likeness (QED) is 0.265. The molecule has 2 aliphatic rings. The topological polar surface area (TPSA) is 92.2 Å². The molecule has 34 heavy (non-hydrogen) atoms. The van der Waals surface area contributed by atoms with Gasteiger partial charge in [-0.15, -0.1) is 0 Å². The first-order valence-corrected chi connectivity index (χ1v) is 11.4. The third-order valence-corrected chi connectivity index (χ3v) is 6.03. The molecule has 1 amide bonds. The van der Waals surface area contributed by atoms with Gasteiger partial charge in [-0.05, 0) is 48.4 Å². The summed E-state index contributed by atoms with van der Waals surface area (Å²) < 4.78 is 10.9. The number of Topliss-reactive ketones (excluding diaryl/α,β-unsaturated/α-hetero) is 1. The Kier molecular flexibility index (Phi) is 7.72. The van der Waals surface area contributed by atoms with Crippen molar-refractivity contribution in [3.63, 3.8) is 0 Å². The second kappa shape index (κ2) is 11.1. The number of carbonyl (C=O) groups is 2. The number of nitrogens with zero attached hydrogens (tertiary/aromatic N) is 3. The number of aliphatic hydroxyl groups is 1. The van der Waals surface area contributed by atoms with Gasteiger partial charge < -0.3 is 19.5 Å². The van der Waals surface area contributed by atoms with Gasteiger partial charge in [0.05, 0.1) is 24.8 Å². The number of pyridine rings is 1. The lowest BCUT2D eigenvalue weighted by Crippen LogP contribution is -2.38. The number of amides is 1. The minimum Gasteiger partial charge on any atom is -0.507 e. The summed E-state index contributed by atoms with van der Waals surface area (Å²) in [6, 6.07) is 9.61. The highest BCUT2D eigenvalue weighted by Crippen LogP contribution is 2.39. The minimum atomic E-state index is -0.683. The molecular formula is C26H29N3O5. The number of rotatable bonds is 9. The fourth-order valence-corrected chi connectivity index (χ4v) is 4.31. The van der Waals surface area contributed by atoms with Gasteiger partial charge >= 0.3 is 0 Å². The van der Waals surface area contributed by atoms with E-state index in [4.69, 9.17) is 9.47 Å². The van der Waals surface area contributed by atoms with Gasteiger partial charge in [-0.2, -0.15) is 0 Å². The molecule has 1 aromatic heterocycles. The largest absolute Gasteiger partial charge is 0.507 e. The number of aromatic nitrogens is 1. The number of carbonyl (C=O) groups excluding carboxylic acids is 2. The van der Waals surface area contributed by atoms with Crippen molar-refractivity contribution in [1.29, 1.82) is 0 Å². The number of ketones is 1. The Balaban J connectivity index is 1.61. The van der Waals surface area contributed by atoms with Crippen LogP contribution < -0.4 is 4.74 Å². The summed E-state index contributed by atoms with van der Waals surface area (Å²) in [6.07, 6.45) is 5.59. The van der Waals surface area contributed by atoms with Gasteiger partial charge in [-0.1, -0.05) is 12.7 Å². The van der Waals surface area contributed by atoms with Gasteiger partial charge in [0.25, 0.3) is 11.7 Å². The molecule has 0 radical (unpaired) electrons. The smallest absolute Gasteiger partial charge is 0.295 e. The van der Waals surface area contributed by atoms with Crippen LogP contribution in [-0.2, 0) is 14.3 Å². The van der Waals surface area contributed by atoms with Gasteiger partial charge in [0, 0.05) is 44.1 Å². The Morgan fingerprint density at radius 3 is 2.50 bits per heavy atom. The van der Waals surface area contributed by atoms with Crippen LogP contribution in [0.3, 0.4) is 0 Å². The number of hydrogen-bond acceptors (Lipinski definition) is 7. The zero-order valence-electron chi connectivity index (χ0n) is 19.1. The van der Waals surface area contributed by atoms with Crippen molar-refractivity contribution in [2.75, 3.05) is 46.0 Å². The van der Waals surface area contributed by atoms with Gasteiger partial charge in [-0.25, -0.2) is 0 Å². The number of likely N-dealkylation sites (tertiary alicyclic amines) is 1. The maximum atomic E-state index is 13.1. The van der Waals surface area contributed by atoms with Crippen LogP contribution >= 0.6 is 0 Å². The predicted octanol–water partition coefficient (Wildman–Crippen LogP) is 2.79. The molecule has 0 aliphatic carbocycles. The van der Waals surface area contributed by atoms with Gasteiger partial charge in [0.1, 0.15) is 18.1 Å². The van der Waals surface area contributed by atoms with E-state index in [0.29, 0.717) is 44.1 Å². The standard InChI is InChI=1S/C26H29N3O5/c1-2-16-34-21-6-4-20(5-7-21)24(30)22-23(19-8-10-27-11-9-19)29(26(32)25(22)31)13-3-12-28-14-17-33-18-15-28/h2,4-11,23,30H,1,3,12-18H2/b24-22+/t23-/m0/s1. The van der Waals surface area contributed by atoms with E-state index >= 15 is 0 Å². The van der Waals surface area contributed by atoms with Crippen LogP contribution in [0, 0.1) is 0 Å². The Morgan fingerprint density at radius 1 is 1.12 bits per heavy atom. The van der Waals surface area contributed by atoms with Crippen molar-refractivity contribution in [2.24, 2.45) is 0 Å². The van der Waals surface area contributed by atoms with Crippen molar-refractivity contribution in [3.8, 4) is 5.75 Å². The first kappa shape index (κ1) is 23.7. The molecule has 8 nitrogen and oxygen atoms in total. The third kappa shape index (κ3) is 5.18. The SMILES string of the molecule is C=CCOc1ccc(/C(O)=C2\C(=O)C(=O)N(CCCN3CCOCC3)[C@H]2c2ccncc2)cc1. The summed E-state index contributed by atoms with van der Waals surface area (Å²) in [6.45, 7) is 8.33. The molecule has 0 spiro atoms. The van der Waals surface area contributed by atoms with E-state index < -0.39 is 17.7 Å². The molecule has 2 aliphatic heterocycles. The van der Waals surface area contributed by atoms with E-state index in [1.54, 1.807) is 59.8 Å². The molecule has 1 N–H and O–H groups in total. The number of morpholine rings is 1. The van der Waals surface area contributed by atoms with Crippen LogP contribution in [0.1, 0.15) is 23.6 Å². The monoisotopic (exact) mass is 463 g/mol. The summed E-state index contributed by atoms with van der Waals surface area (Å²) in [5.41, 5.74) is 1.26. The van der Waals surface area contributed by atoms with Crippen LogP contribution in [0.2, 0.25) is 0 Å². The highest BCUT2D eigenvalue weighted by Gasteiger charge is 2.45. The molecule has 8 heteroatoms. The Bertz CT molecular complexity index is 1050. The second-order valence-corrected chi connectivity index (χ2v) is 8.20. The maximum Gasteiger partial charge on any atom is 0.295 e. The van der Waals surface area contributed by atoms with Crippen LogP contribution in [0.15, 0.2) is 67.0 Å². The summed E-state index contributed by atoms with van der Waals surface area (Å²) in [4.78, 5) is 34.1. The normalized spacial score (nSPS) is 20.5. The highest BCUT2D eigenvalue weighted by atomic mass is 16.5. The minimum absolute atomic E-state index is 0.0855. The molecule has 0 saturated carbocycles. The number of ether oxygens (including phenoxy) is 2. The van der Waals surface area contributed by atoms with Crippen molar-refractivity contribution in [1.82, 2.24) is 14.8 Å². The molecule has 0 bridgehead atoms. The lowest BCUT2D eigenvalue weighted by molar-refractivity contribution is -0.140. The molecule has 2 aromatic rings. The zero-order chi connectivity index (χ0) is 23.9. The predicted molar refractivity (Wildman–Crippen MR) is 127 cm³/mol. The van der Waals surface area contributed by atoms with Gasteiger partial charge in [0.2, 0.25) is 0 Å². The lowest BCUT2D eigenvalue weighted by Gasteiger charge is -2.29. The summed E-state index contributed by atoms with van der Waals surface area (Å²) in [5, 5.41) is 11.1. The number of hydrogen-bond donors (Lipinski definition) is 1. The highest BCUT2D eigenvalue weighted by molar-refractivity contribution is 6.46. The summed E-state index contributed by atoms with van der Waals surface area (Å²) in [5.74, 6) is -0.870. The van der Waals surface area contributed by atoms with E-state index in [-0.39, 0.29) is 11.3 Å². The molecule has 0 unspecified atom stereocenters. The van der Waals surface area contributed by atoms with E-state index in [0.717, 1.165) is 25.2 Å². The van der Waals surface area contributed by atoms with E-state index in [1.165, 1.54) is 0 Å². The van der Waals surface area contributed by atoms with Crippen molar-refractivity contribution in [2.45, 2.75) is 12.5 Å². The second-order valence-electron chi connectivity index (χ2n) is 8.20. The lowest BCUT2D eigenvalue weighted by atomic mass is 9.96. The van der Waals surface area contributed by atoms with E-state index in [1.807, 2.05) is 0 Å². The van der Waals surface area contributed by atoms with Crippen LogP contribution in [0.25, 0.3) is 5.76 Å². The Hall–Kier alpha value is -3.49. The molecule has 1 atom stereocenters. The number of benzene rings is 1. The molecule has 2 fully saturated rings. The average Bonchev–Trinajstić information content (AvgIpc) is 3.13. The first-order valence-electron chi connectivity index (χ1n) is 11.4. The summed E-state index contributed by atoms with van der Waals surface area (Å²) in [7, 11) is 0. The van der Waals surface area contributed by atoms with Crippen molar-refractivity contribution < 1.29 is 24.2 Å². The first-order chi connectivity index (χ1) is 16.6. The van der Waals surface area contributed by atoms with Crippen molar-refractivity contribution in [3.05, 3.63) is 78.1 Å². The summed E-state index contributed by atoms with van der Waals surface area (Å²) >= 11 is 0. The molecule has 4 rings (SSSR count). The van der Waals surface area contributed by atoms with Crippen molar-refractivity contribution >= 4 is 17.4 Å². The molecule has 178 valence electrons. The van der Waals surface area contributed by atoms with Gasteiger partial charge in [0.15, 0.2) is 0 Å². The Morgan fingerprint density at radius 2 is 1.82 bits per heavy atom. The third-order valence-electron chi connectivity index (χ3n) is 6.03. The van der Waals surface area contributed by atoms with E-state index in [2.05, 4.69) is 16.5 Å². The average molecular weight is 464 g/mol. The van der Waals surface area contributed by atoms with Crippen LogP contribution in [-0.4, -0.2) is 77.6 Å². The molecule has 1 aromatic carbocycles. The molecule has 3 heterocycles. The van der Waals surface area contributed by atoms with E-state index in [9.17, 15) is 14.7 Å². The zero-order valence-corrected chi connectivity index (χ0v) is 19.1. The van der Waals surface area contributed by atoms with Crippen LogP contribution in [0.4, 0.5) is 0 Å². The number of aliphatic hydroxyl groups excluding tert-OH is 1. The fourth-order valence-electron chi connectivity index (χ4n) is 4.31. The molecular weight excluding hydrogens is 434 g/mol. The maximum absolute atomic E-state index is 13.1.